The average Bonchev–Trinajstić information content (AvgIpc) is 2.97. The summed E-state index contributed by atoms with van der Waals surface area (Å²) in [6, 6.07) is 5.95. The molecule has 1 atom stereocenters. The number of rotatable bonds is 5. The minimum atomic E-state index is -0.294. The highest BCUT2D eigenvalue weighted by Gasteiger charge is 2.20. The van der Waals surface area contributed by atoms with Gasteiger partial charge in [0, 0.05) is 25.8 Å². The van der Waals surface area contributed by atoms with E-state index in [0.29, 0.717) is 31.3 Å². The molecule has 0 aliphatic carbocycles. The highest BCUT2D eigenvalue weighted by Crippen LogP contribution is 2.32. The Morgan fingerprint density at radius 3 is 2.81 bits per heavy atom. The summed E-state index contributed by atoms with van der Waals surface area (Å²) >= 11 is 0. The number of aryl methyl sites for hydroxylation is 2. The lowest BCUT2D eigenvalue weighted by molar-refractivity contribution is 0.0559. The van der Waals surface area contributed by atoms with Crippen molar-refractivity contribution in [2.75, 3.05) is 25.1 Å². The predicted octanol–water partition coefficient (Wildman–Crippen LogP) is 3.34. The van der Waals surface area contributed by atoms with Crippen LogP contribution in [0.4, 0.5) is 15.0 Å². The van der Waals surface area contributed by atoms with Crippen LogP contribution in [0.15, 0.2) is 24.3 Å². The van der Waals surface area contributed by atoms with Gasteiger partial charge in [-0.25, -0.2) is 9.18 Å². The Labute approximate surface area is 152 Å². The summed E-state index contributed by atoms with van der Waals surface area (Å²) in [5.41, 5.74) is 2.51. The van der Waals surface area contributed by atoms with Crippen LogP contribution in [0.1, 0.15) is 25.5 Å². The molecule has 1 aliphatic rings. The number of urea groups is 1. The van der Waals surface area contributed by atoms with Crippen LogP contribution in [0.5, 0.6) is 0 Å². The number of amides is 2. The van der Waals surface area contributed by atoms with Crippen molar-refractivity contribution in [2.45, 2.75) is 26.2 Å². The second-order valence-electron chi connectivity index (χ2n) is 6.57. The minimum Gasteiger partial charge on any atom is -0.381 e. The van der Waals surface area contributed by atoms with Gasteiger partial charge in [-0.2, -0.15) is 5.10 Å². The molecular formula is C19H25FN4O2. The highest BCUT2D eigenvalue weighted by atomic mass is 19.1. The number of hydrogen-bond acceptors (Lipinski definition) is 3. The third-order valence-corrected chi connectivity index (χ3v) is 4.63. The van der Waals surface area contributed by atoms with Gasteiger partial charge >= 0.3 is 6.03 Å². The zero-order valence-electron chi connectivity index (χ0n) is 15.2. The maximum absolute atomic E-state index is 13.3. The third-order valence-electron chi connectivity index (χ3n) is 4.63. The van der Waals surface area contributed by atoms with E-state index in [0.717, 1.165) is 36.3 Å². The molecule has 0 spiro atoms. The van der Waals surface area contributed by atoms with Crippen LogP contribution in [0, 0.1) is 11.7 Å². The fraction of sp³-hybridized carbons (Fsp3) is 0.474. The summed E-state index contributed by atoms with van der Waals surface area (Å²) in [6.07, 6.45) is 2.81. The molecule has 0 radical (unpaired) electrons. The third kappa shape index (κ3) is 4.22. The number of aromatic nitrogens is 2. The first-order chi connectivity index (χ1) is 12.6. The summed E-state index contributed by atoms with van der Waals surface area (Å²) in [5, 5.41) is 10.3. The van der Waals surface area contributed by atoms with Gasteiger partial charge in [0.2, 0.25) is 0 Å². The lowest BCUT2D eigenvalue weighted by Gasteiger charge is -2.22. The summed E-state index contributed by atoms with van der Waals surface area (Å²) in [5.74, 6) is 0.660. The van der Waals surface area contributed by atoms with Gasteiger partial charge in [-0.1, -0.05) is 19.1 Å². The predicted molar refractivity (Wildman–Crippen MR) is 98.5 cm³/mol. The second kappa shape index (κ2) is 8.31. The molecule has 2 aromatic rings. The van der Waals surface area contributed by atoms with E-state index in [4.69, 9.17) is 4.74 Å². The van der Waals surface area contributed by atoms with Gasteiger partial charge in [0.25, 0.3) is 0 Å². The van der Waals surface area contributed by atoms with Crippen molar-refractivity contribution in [2.24, 2.45) is 13.0 Å². The van der Waals surface area contributed by atoms with Gasteiger partial charge in [-0.15, -0.1) is 0 Å². The normalized spacial score (nSPS) is 17.1. The molecule has 26 heavy (non-hydrogen) atoms. The van der Waals surface area contributed by atoms with Crippen LogP contribution in [-0.4, -0.2) is 35.6 Å². The molecule has 2 N–H and O–H groups in total. The minimum absolute atomic E-state index is 0.274. The van der Waals surface area contributed by atoms with Crippen molar-refractivity contribution in [3.05, 3.63) is 35.8 Å². The van der Waals surface area contributed by atoms with Crippen LogP contribution in [0.2, 0.25) is 0 Å². The maximum Gasteiger partial charge on any atom is 0.320 e. The molecule has 140 valence electrons. The topological polar surface area (TPSA) is 68.2 Å². The second-order valence-corrected chi connectivity index (χ2v) is 6.57. The first-order valence-electron chi connectivity index (χ1n) is 9.03. The van der Waals surface area contributed by atoms with Gasteiger partial charge in [0.15, 0.2) is 0 Å². The zero-order chi connectivity index (χ0) is 18.5. The number of ether oxygens (including phenoxy) is 1. The average molecular weight is 360 g/mol. The Morgan fingerprint density at radius 1 is 1.38 bits per heavy atom. The van der Waals surface area contributed by atoms with E-state index in [2.05, 4.69) is 15.7 Å². The van der Waals surface area contributed by atoms with E-state index >= 15 is 0 Å². The zero-order valence-corrected chi connectivity index (χ0v) is 15.2. The smallest absolute Gasteiger partial charge is 0.320 e. The van der Waals surface area contributed by atoms with E-state index in [-0.39, 0.29) is 11.8 Å². The summed E-state index contributed by atoms with van der Waals surface area (Å²) in [6.45, 7) is 4.07. The van der Waals surface area contributed by atoms with Crippen molar-refractivity contribution < 1.29 is 13.9 Å². The summed E-state index contributed by atoms with van der Waals surface area (Å²) < 4.78 is 20.4. The number of halogens is 1. The summed E-state index contributed by atoms with van der Waals surface area (Å²) in [4.78, 5) is 12.4. The van der Waals surface area contributed by atoms with Crippen LogP contribution in [0.25, 0.3) is 11.1 Å². The molecule has 0 unspecified atom stereocenters. The van der Waals surface area contributed by atoms with Crippen LogP contribution in [-0.2, 0) is 18.2 Å². The Hall–Kier alpha value is -2.41. The first-order valence-corrected chi connectivity index (χ1v) is 9.03. The SMILES string of the molecule is CCc1nn(C)c(NC(=O)NC[C@@H]2CCCOC2)c1-c1ccc(F)cc1. The van der Waals surface area contributed by atoms with E-state index in [9.17, 15) is 9.18 Å². The molecule has 1 aliphatic heterocycles. The van der Waals surface area contributed by atoms with Crippen molar-refractivity contribution in [3.8, 4) is 11.1 Å². The molecule has 1 fully saturated rings. The maximum atomic E-state index is 13.3. The standard InChI is InChI=1S/C19H25FN4O2/c1-3-16-17(14-6-8-15(20)9-7-14)18(24(2)23-16)22-19(25)21-11-13-5-4-10-26-12-13/h6-9,13H,3-5,10-12H2,1-2H3,(H2,21,22,25)/t13-/m0/s1. The number of benzene rings is 1. The lowest BCUT2D eigenvalue weighted by atomic mass is 10.0. The largest absolute Gasteiger partial charge is 0.381 e. The number of anilines is 1. The number of nitrogens with one attached hydrogen (secondary N) is 2. The molecule has 1 aromatic carbocycles. The molecule has 1 aromatic heterocycles. The number of nitrogens with zero attached hydrogens (tertiary/aromatic N) is 2. The molecule has 7 heteroatoms. The van der Waals surface area contributed by atoms with Gasteiger partial charge in [0.1, 0.15) is 11.6 Å². The number of carbonyl (C=O) groups excluding carboxylic acids is 1. The van der Waals surface area contributed by atoms with Gasteiger partial charge < -0.3 is 10.1 Å². The van der Waals surface area contributed by atoms with E-state index in [1.54, 1.807) is 23.9 Å². The van der Waals surface area contributed by atoms with Gasteiger partial charge in [-0.05, 0) is 42.9 Å². The summed E-state index contributed by atoms with van der Waals surface area (Å²) in [7, 11) is 1.79. The van der Waals surface area contributed by atoms with Crippen molar-refractivity contribution in [1.29, 1.82) is 0 Å². The first kappa shape index (κ1) is 18.4. The molecule has 3 rings (SSSR count). The number of carbonyl (C=O) groups is 1. The molecular weight excluding hydrogens is 335 g/mol. The van der Waals surface area contributed by atoms with Crippen LogP contribution in [0.3, 0.4) is 0 Å². The van der Waals surface area contributed by atoms with Crippen molar-refractivity contribution in [1.82, 2.24) is 15.1 Å². The fourth-order valence-corrected chi connectivity index (χ4v) is 3.25. The Bertz CT molecular complexity index is 752. The van der Waals surface area contributed by atoms with Crippen molar-refractivity contribution in [3.63, 3.8) is 0 Å². The molecule has 1 saturated heterocycles. The Kier molecular flexibility index (Phi) is 5.88. The Morgan fingerprint density at radius 2 is 2.15 bits per heavy atom. The number of hydrogen-bond donors (Lipinski definition) is 2. The van der Waals surface area contributed by atoms with Crippen LogP contribution < -0.4 is 10.6 Å². The molecule has 6 nitrogen and oxygen atoms in total. The molecule has 0 bridgehead atoms. The van der Waals surface area contributed by atoms with Crippen molar-refractivity contribution >= 4 is 11.8 Å². The van der Waals surface area contributed by atoms with E-state index in [1.165, 1.54) is 12.1 Å². The van der Waals surface area contributed by atoms with E-state index < -0.39 is 0 Å². The van der Waals surface area contributed by atoms with Gasteiger partial charge in [-0.3, -0.25) is 10.00 Å². The molecule has 0 saturated carbocycles. The van der Waals surface area contributed by atoms with Gasteiger partial charge in [0.05, 0.1) is 12.3 Å². The fourth-order valence-electron chi connectivity index (χ4n) is 3.25. The highest BCUT2D eigenvalue weighted by molar-refractivity contribution is 5.93. The molecule has 2 amide bonds. The monoisotopic (exact) mass is 360 g/mol. The molecule has 2 heterocycles. The lowest BCUT2D eigenvalue weighted by Crippen LogP contribution is -2.36. The van der Waals surface area contributed by atoms with Crippen LogP contribution >= 0.6 is 0 Å². The Balaban J connectivity index is 1.75. The van der Waals surface area contributed by atoms with E-state index in [1.807, 2.05) is 6.92 Å². The quantitative estimate of drug-likeness (QED) is 0.859.